The third-order valence-electron chi connectivity index (χ3n) is 6.56. The molecule has 118 valence electrons. The van der Waals surface area contributed by atoms with Crippen molar-refractivity contribution in [3.05, 3.63) is 71.0 Å². The Hall–Kier alpha value is -2.48. The van der Waals surface area contributed by atoms with Gasteiger partial charge < -0.3 is 9.13 Å². The Kier molecular flexibility index (Phi) is 2.22. The summed E-state index contributed by atoms with van der Waals surface area (Å²) in [6.45, 7) is 0. The molecule has 2 aromatic carbocycles. The zero-order chi connectivity index (χ0) is 16.0. The van der Waals surface area contributed by atoms with Crippen molar-refractivity contribution < 1.29 is 0 Å². The molecule has 4 aromatic rings. The van der Waals surface area contributed by atoms with E-state index < -0.39 is 0 Å². The monoisotopic (exact) mass is 312 g/mol. The van der Waals surface area contributed by atoms with Crippen LogP contribution in [-0.4, -0.2) is 9.13 Å². The van der Waals surface area contributed by atoms with E-state index in [0.717, 1.165) is 0 Å². The standard InChI is InChI=1S/C22H20N2/c1-23-19-9-5-3-7-13(19)15-11-18-17(21(15)23)12-16-14-8-4-6-10-20(14)24(2)22(16)18/h3-10,17-18H,11-12H2,1-2H3. The molecule has 2 atom stereocenters. The van der Waals surface area contributed by atoms with Gasteiger partial charge in [-0.05, 0) is 36.1 Å². The molecule has 0 saturated heterocycles. The van der Waals surface area contributed by atoms with E-state index in [1.807, 2.05) is 0 Å². The second-order valence-electron chi connectivity index (χ2n) is 7.50. The number of hydrogen-bond acceptors (Lipinski definition) is 0. The van der Waals surface area contributed by atoms with Crippen molar-refractivity contribution in [2.24, 2.45) is 14.1 Å². The lowest BCUT2D eigenvalue weighted by atomic mass is 9.97. The van der Waals surface area contributed by atoms with E-state index in [4.69, 9.17) is 0 Å². The highest BCUT2D eigenvalue weighted by Crippen LogP contribution is 2.55. The molecule has 2 aliphatic carbocycles. The number of rotatable bonds is 0. The second kappa shape index (κ2) is 4.13. The van der Waals surface area contributed by atoms with Gasteiger partial charge in [0.15, 0.2) is 0 Å². The Bertz CT molecular complexity index is 1050. The molecule has 0 bridgehead atoms. The van der Waals surface area contributed by atoms with Gasteiger partial charge in [0.05, 0.1) is 0 Å². The molecule has 0 aliphatic heterocycles. The van der Waals surface area contributed by atoms with Gasteiger partial charge in [-0.2, -0.15) is 0 Å². The fourth-order valence-corrected chi connectivity index (χ4v) is 5.66. The van der Waals surface area contributed by atoms with Gasteiger partial charge in [-0.1, -0.05) is 36.4 Å². The lowest BCUT2D eigenvalue weighted by Crippen LogP contribution is -2.08. The van der Waals surface area contributed by atoms with Crippen LogP contribution in [0.4, 0.5) is 0 Å². The van der Waals surface area contributed by atoms with Crippen LogP contribution in [0.5, 0.6) is 0 Å². The number of hydrogen-bond donors (Lipinski definition) is 0. The molecule has 0 radical (unpaired) electrons. The van der Waals surface area contributed by atoms with Gasteiger partial charge in [0.1, 0.15) is 0 Å². The zero-order valence-electron chi connectivity index (χ0n) is 14.1. The molecule has 0 fully saturated rings. The van der Waals surface area contributed by atoms with Gasteiger partial charge in [-0.3, -0.25) is 0 Å². The van der Waals surface area contributed by atoms with Crippen molar-refractivity contribution in [2.75, 3.05) is 0 Å². The molecule has 0 spiro atoms. The zero-order valence-corrected chi connectivity index (χ0v) is 14.1. The molecule has 2 aliphatic rings. The lowest BCUT2D eigenvalue weighted by molar-refractivity contribution is 0.582. The van der Waals surface area contributed by atoms with Gasteiger partial charge in [-0.15, -0.1) is 0 Å². The summed E-state index contributed by atoms with van der Waals surface area (Å²) in [5.41, 5.74) is 9.14. The van der Waals surface area contributed by atoms with Crippen LogP contribution < -0.4 is 0 Å². The average Bonchev–Trinajstić information content (AvgIpc) is 3.29. The molecule has 2 aromatic heterocycles. The molecular formula is C22H20N2. The van der Waals surface area contributed by atoms with E-state index in [1.54, 1.807) is 22.5 Å². The van der Waals surface area contributed by atoms with Crippen LogP contribution in [0, 0.1) is 0 Å². The first-order chi connectivity index (χ1) is 11.8. The highest BCUT2D eigenvalue weighted by atomic mass is 15.0. The van der Waals surface area contributed by atoms with Crippen molar-refractivity contribution in [1.82, 2.24) is 9.13 Å². The first-order valence-corrected chi connectivity index (χ1v) is 8.88. The van der Waals surface area contributed by atoms with Crippen molar-refractivity contribution in [1.29, 1.82) is 0 Å². The predicted octanol–water partition coefficient (Wildman–Crippen LogP) is 4.65. The molecule has 2 nitrogen and oxygen atoms in total. The van der Waals surface area contributed by atoms with Gasteiger partial charge >= 0.3 is 0 Å². The first-order valence-electron chi connectivity index (χ1n) is 8.88. The third kappa shape index (κ3) is 1.31. The van der Waals surface area contributed by atoms with Gasteiger partial charge in [0, 0.05) is 59.1 Å². The van der Waals surface area contributed by atoms with E-state index in [0.29, 0.717) is 11.8 Å². The van der Waals surface area contributed by atoms with Crippen LogP contribution in [0.15, 0.2) is 48.5 Å². The van der Waals surface area contributed by atoms with Crippen LogP contribution in [-0.2, 0) is 26.9 Å². The number of nitrogens with zero attached hydrogens (tertiary/aromatic N) is 2. The molecule has 2 heterocycles. The van der Waals surface area contributed by atoms with Crippen LogP contribution in [0.2, 0.25) is 0 Å². The van der Waals surface area contributed by atoms with E-state index in [2.05, 4.69) is 71.8 Å². The maximum atomic E-state index is 2.46. The molecule has 2 heteroatoms. The SMILES string of the molecule is Cn1c2c(c3ccccc31)CC1c3c(c4ccccc4n3C)CC21. The second-order valence-corrected chi connectivity index (χ2v) is 7.50. The summed E-state index contributed by atoms with van der Waals surface area (Å²) in [6.07, 6.45) is 2.39. The summed E-state index contributed by atoms with van der Waals surface area (Å²) in [7, 11) is 4.51. The van der Waals surface area contributed by atoms with Crippen LogP contribution >= 0.6 is 0 Å². The van der Waals surface area contributed by atoms with E-state index in [-0.39, 0.29) is 0 Å². The largest absolute Gasteiger partial charge is 0.347 e. The fourth-order valence-electron chi connectivity index (χ4n) is 5.66. The number of para-hydroxylation sites is 2. The van der Waals surface area contributed by atoms with Gasteiger partial charge in [-0.25, -0.2) is 0 Å². The highest BCUT2D eigenvalue weighted by molar-refractivity contribution is 5.90. The van der Waals surface area contributed by atoms with Crippen LogP contribution in [0.25, 0.3) is 21.8 Å². The van der Waals surface area contributed by atoms with E-state index in [1.165, 1.54) is 34.6 Å². The smallest absolute Gasteiger partial charge is 0.0482 e. The minimum atomic E-state index is 0.651. The molecule has 24 heavy (non-hydrogen) atoms. The summed E-state index contributed by atoms with van der Waals surface area (Å²) in [6, 6.07) is 17.8. The number of aromatic nitrogens is 2. The topological polar surface area (TPSA) is 9.86 Å². The Labute approximate surface area is 141 Å². The Morgan fingerprint density at radius 1 is 0.667 bits per heavy atom. The van der Waals surface area contributed by atoms with Crippen molar-refractivity contribution in [3.8, 4) is 0 Å². The van der Waals surface area contributed by atoms with Crippen LogP contribution in [0.3, 0.4) is 0 Å². The van der Waals surface area contributed by atoms with E-state index >= 15 is 0 Å². The van der Waals surface area contributed by atoms with Gasteiger partial charge in [0.2, 0.25) is 0 Å². The van der Waals surface area contributed by atoms with E-state index in [9.17, 15) is 0 Å². The van der Waals surface area contributed by atoms with Crippen molar-refractivity contribution >= 4 is 21.8 Å². The van der Waals surface area contributed by atoms with Crippen molar-refractivity contribution in [3.63, 3.8) is 0 Å². The van der Waals surface area contributed by atoms with Crippen LogP contribution in [0.1, 0.15) is 34.4 Å². The molecule has 0 saturated carbocycles. The molecule has 6 rings (SSSR count). The molecule has 0 N–H and O–H groups in total. The average molecular weight is 312 g/mol. The minimum absolute atomic E-state index is 0.651. The number of benzene rings is 2. The Morgan fingerprint density at radius 2 is 1.08 bits per heavy atom. The summed E-state index contributed by atoms with van der Waals surface area (Å²) in [5, 5.41) is 2.93. The summed E-state index contributed by atoms with van der Waals surface area (Å²) < 4.78 is 4.92. The first kappa shape index (κ1) is 12.9. The lowest BCUT2D eigenvalue weighted by Gasteiger charge is -2.16. The molecule has 2 unspecified atom stereocenters. The maximum absolute atomic E-state index is 2.46. The fraction of sp³-hybridized carbons (Fsp3) is 0.273. The summed E-state index contributed by atoms with van der Waals surface area (Å²) >= 11 is 0. The minimum Gasteiger partial charge on any atom is -0.347 e. The third-order valence-corrected chi connectivity index (χ3v) is 6.56. The maximum Gasteiger partial charge on any atom is 0.0482 e. The highest BCUT2D eigenvalue weighted by Gasteiger charge is 2.45. The predicted molar refractivity (Wildman–Crippen MR) is 98.7 cm³/mol. The van der Waals surface area contributed by atoms with Gasteiger partial charge in [0.25, 0.3) is 0 Å². The quantitative estimate of drug-likeness (QED) is 0.447. The summed E-state index contributed by atoms with van der Waals surface area (Å²) in [4.78, 5) is 0. The van der Waals surface area contributed by atoms with Crippen molar-refractivity contribution in [2.45, 2.75) is 24.7 Å². The normalized spacial score (nSPS) is 21.4. The molecular weight excluding hydrogens is 292 g/mol. The molecule has 0 amide bonds. The number of aryl methyl sites for hydroxylation is 2. The summed E-state index contributed by atoms with van der Waals surface area (Å²) in [5.74, 6) is 1.30. The number of fused-ring (bicyclic) bond motifs is 9. The Morgan fingerprint density at radius 3 is 1.54 bits per heavy atom. The Balaban J connectivity index is 1.61.